The molecule has 3 N–H and O–H groups in total. The predicted molar refractivity (Wildman–Crippen MR) is 149 cm³/mol. The molecule has 0 spiro atoms. The highest BCUT2D eigenvalue weighted by atomic mass is 19.1. The molecule has 2 aliphatic carbocycles. The molecule has 1 aliphatic heterocycles. The molecule has 0 radical (unpaired) electrons. The van der Waals surface area contributed by atoms with E-state index < -0.39 is 41.1 Å². The van der Waals surface area contributed by atoms with Gasteiger partial charge >= 0.3 is 6.03 Å². The highest BCUT2D eigenvalue weighted by Gasteiger charge is 2.47. The molecule has 0 aromatic heterocycles. The molecule has 1 heterocycles. The second-order valence-electron chi connectivity index (χ2n) is 11.2. The van der Waals surface area contributed by atoms with E-state index in [1.807, 2.05) is 24.3 Å². The maximum Gasteiger partial charge on any atom is 0.316 e. The van der Waals surface area contributed by atoms with Crippen LogP contribution in [0, 0.1) is 17.6 Å². The molecular formula is C32H33F2N3O4. The summed E-state index contributed by atoms with van der Waals surface area (Å²) in [6.07, 6.45) is 4.60. The molecule has 1 saturated carbocycles. The summed E-state index contributed by atoms with van der Waals surface area (Å²) < 4.78 is 40.7. The molecule has 6 rings (SSSR count). The van der Waals surface area contributed by atoms with Gasteiger partial charge < -0.3 is 25.4 Å². The van der Waals surface area contributed by atoms with Gasteiger partial charge in [0.2, 0.25) is 5.91 Å². The number of methoxy groups -OCH3 is 1. The van der Waals surface area contributed by atoms with Crippen LogP contribution in [0.2, 0.25) is 0 Å². The Bertz CT molecular complexity index is 1450. The number of fused-ring (bicyclic) bond motifs is 1. The van der Waals surface area contributed by atoms with Gasteiger partial charge in [0.1, 0.15) is 29.2 Å². The van der Waals surface area contributed by atoms with Crippen LogP contribution in [0.25, 0.3) is 0 Å². The number of benzene rings is 3. The van der Waals surface area contributed by atoms with Crippen molar-refractivity contribution >= 4 is 11.9 Å². The van der Waals surface area contributed by atoms with Crippen LogP contribution in [-0.2, 0) is 23.2 Å². The Kier molecular flexibility index (Phi) is 7.28. The van der Waals surface area contributed by atoms with Crippen LogP contribution in [0.15, 0.2) is 60.7 Å². The number of halogens is 2. The number of rotatable bonds is 8. The number of carbonyl (C=O) groups is 2. The summed E-state index contributed by atoms with van der Waals surface area (Å²) in [5.41, 5.74) is 2.88. The summed E-state index contributed by atoms with van der Waals surface area (Å²) in [5, 5.41) is 8.27. The van der Waals surface area contributed by atoms with Crippen LogP contribution < -0.4 is 25.4 Å². The van der Waals surface area contributed by atoms with E-state index in [1.54, 1.807) is 0 Å². The minimum atomic E-state index is -1.13. The van der Waals surface area contributed by atoms with Gasteiger partial charge in [0, 0.05) is 30.2 Å². The Morgan fingerprint density at radius 3 is 2.51 bits per heavy atom. The second kappa shape index (κ2) is 11.0. The lowest BCUT2D eigenvalue weighted by molar-refractivity contribution is -0.120. The molecule has 1 unspecified atom stereocenters. The Labute approximate surface area is 237 Å². The third kappa shape index (κ3) is 5.58. The minimum absolute atomic E-state index is 0.00105. The second-order valence-corrected chi connectivity index (χ2v) is 11.2. The molecule has 3 aromatic rings. The first-order chi connectivity index (χ1) is 19.8. The zero-order valence-electron chi connectivity index (χ0n) is 22.8. The van der Waals surface area contributed by atoms with Crippen LogP contribution >= 0.6 is 0 Å². The fourth-order valence-electron chi connectivity index (χ4n) is 6.11. The number of carbonyl (C=O) groups excluding carboxylic acids is 2. The molecule has 1 saturated heterocycles. The van der Waals surface area contributed by atoms with Gasteiger partial charge in [-0.05, 0) is 66.8 Å². The molecule has 7 nitrogen and oxygen atoms in total. The number of aryl methyl sites for hydroxylation is 1. The molecular weight excluding hydrogens is 528 g/mol. The number of ether oxygens (including phenoxy) is 2. The van der Waals surface area contributed by atoms with Gasteiger partial charge in [-0.25, -0.2) is 13.6 Å². The molecule has 3 atom stereocenters. The largest absolute Gasteiger partial charge is 0.497 e. The molecule has 3 aromatic carbocycles. The van der Waals surface area contributed by atoms with Crippen molar-refractivity contribution in [3.05, 3.63) is 94.6 Å². The van der Waals surface area contributed by atoms with E-state index in [0.29, 0.717) is 12.5 Å². The van der Waals surface area contributed by atoms with E-state index in [0.717, 1.165) is 55.5 Å². The van der Waals surface area contributed by atoms with Gasteiger partial charge in [-0.1, -0.05) is 36.4 Å². The molecule has 3 aliphatic rings. The SMILES string of the molecule is COc1cc(F)c([C@@H]2CNC(=O)[C@H]2NC(=O)NC2(c3cccc(OCC4CCc5ccccc5C4)c3)CC2)c(F)c1. The summed E-state index contributed by atoms with van der Waals surface area (Å²) >= 11 is 0. The van der Waals surface area contributed by atoms with Crippen LogP contribution in [0.4, 0.5) is 13.6 Å². The van der Waals surface area contributed by atoms with Gasteiger partial charge in [-0.15, -0.1) is 0 Å². The zero-order valence-corrected chi connectivity index (χ0v) is 22.8. The average molecular weight is 562 g/mol. The summed E-state index contributed by atoms with van der Waals surface area (Å²) in [7, 11) is 1.31. The normalized spacial score (nSPS) is 22.3. The number of amides is 3. The first kappa shape index (κ1) is 27.1. The summed E-state index contributed by atoms with van der Waals surface area (Å²) in [6, 6.07) is 16.7. The van der Waals surface area contributed by atoms with Crippen LogP contribution in [-0.4, -0.2) is 38.2 Å². The van der Waals surface area contributed by atoms with Crippen molar-refractivity contribution in [1.82, 2.24) is 16.0 Å². The van der Waals surface area contributed by atoms with Crippen molar-refractivity contribution in [2.75, 3.05) is 20.3 Å². The first-order valence-electron chi connectivity index (χ1n) is 14.0. The maximum absolute atomic E-state index is 14.8. The predicted octanol–water partition coefficient (Wildman–Crippen LogP) is 4.73. The smallest absolute Gasteiger partial charge is 0.316 e. The Morgan fingerprint density at radius 1 is 1.02 bits per heavy atom. The van der Waals surface area contributed by atoms with Gasteiger partial charge in [-0.3, -0.25) is 4.79 Å². The lowest BCUT2D eigenvalue weighted by Crippen LogP contribution is -2.50. The summed E-state index contributed by atoms with van der Waals surface area (Å²) in [4.78, 5) is 25.7. The van der Waals surface area contributed by atoms with Crippen molar-refractivity contribution in [1.29, 1.82) is 0 Å². The number of urea groups is 1. The average Bonchev–Trinajstić information content (AvgIpc) is 3.68. The lowest BCUT2D eigenvalue weighted by Gasteiger charge is -2.25. The van der Waals surface area contributed by atoms with Gasteiger partial charge in [0.15, 0.2) is 0 Å². The van der Waals surface area contributed by atoms with Crippen molar-refractivity contribution in [2.45, 2.75) is 49.6 Å². The molecule has 9 heteroatoms. The van der Waals surface area contributed by atoms with Crippen LogP contribution in [0.3, 0.4) is 0 Å². The Morgan fingerprint density at radius 2 is 1.78 bits per heavy atom. The van der Waals surface area contributed by atoms with Gasteiger partial charge in [0.05, 0.1) is 19.3 Å². The fraction of sp³-hybridized carbons (Fsp3) is 0.375. The summed E-state index contributed by atoms with van der Waals surface area (Å²) in [5.74, 6) is -1.84. The zero-order chi connectivity index (χ0) is 28.6. The third-order valence-corrected chi connectivity index (χ3v) is 8.55. The van der Waals surface area contributed by atoms with E-state index in [4.69, 9.17) is 9.47 Å². The number of hydrogen-bond donors (Lipinski definition) is 3. The van der Waals surface area contributed by atoms with Crippen molar-refractivity contribution in [3.63, 3.8) is 0 Å². The number of nitrogens with one attached hydrogen (secondary N) is 3. The van der Waals surface area contributed by atoms with Crippen LogP contribution in [0.5, 0.6) is 11.5 Å². The van der Waals surface area contributed by atoms with E-state index >= 15 is 0 Å². The molecule has 3 amide bonds. The van der Waals surface area contributed by atoms with Crippen molar-refractivity contribution < 1.29 is 27.8 Å². The Hall–Kier alpha value is -4.14. The summed E-state index contributed by atoms with van der Waals surface area (Å²) in [6.45, 7) is 0.621. The quantitative estimate of drug-likeness (QED) is 0.371. The van der Waals surface area contributed by atoms with E-state index in [-0.39, 0.29) is 17.9 Å². The van der Waals surface area contributed by atoms with E-state index in [9.17, 15) is 18.4 Å². The van der Waals surface area contributed by atoms with E-state index in [1.165, 1.54) is 18.2 Å². The van der Waals surface area contributed by atoms with E-state index in [2.05, 4.69) is 40.2 Å². The fourth-order valence-corrected chi connectivity index (χ4v) is 6.11. The molecule has 2 fully saturated rings. The standard InChI is InChI=1S/C32H33F2N3O4/c1-40-24-15-26(33)28(27(34)16-24)25-17-35-30(38)29(25)36-31(39)37-32(11-12-32)22-7-4-8-23(14-22)41-18-19-9-10-20-5-2-3-6-21(20)13-19/h2-8,14-16,19,25,29H,9-13,17-18H2,1H3,(H,35,38)(H2,36,37,39)/t19?,25-,29-/m0/s1. The minimum Gasteiger partial charge on any atom is -0.497 e. The molecule has 0 bridgehead atoms. The lowest BCUT2D eigenvalue weighted by atomic mass is 9.84. The van der Waals surface area contributed by atoms with Crippen molar-refractivity contribution in [3.8, 4) is 11.5 Å². The highest BCUT2D eigenvalue weighted by molar-refractivity contribution is 5.90. The first-order valence-corrected chi connectivity index (χ1v) is 14.0. The maximum atomic E-state index is 14.8. The highest BCUT2D eigenvalue weighted by Crippen LogP contribution is 2.46. The van der Waals surface area contributed by atoms with Gasteiger partial charge in [0.25, 0.3) is 0 Å². The van der Waals surface area contributed by atoms with Gasteiger partial charge in [-0.2, -0.15) is 0 Å². The van der Waals surface area contributed by atoms with Crippen molar-refractivity contribution in [2.24, 2.45) is 5.92 Å². The topological polar surface area (TPSA) is 88.7 Å². The molecule has 41 heavy (non-hydrogen) atoms. The Balaban J connectivity index is 1.09. The van der Waals surface area contributed by atoms with Crippen LogP contribution in [0.1, 0.15) is 47.4 Å². The monoisotopic (exact) mass is 561 g/mol. The number of hydrogen-bond acceptors (Lipinski definition) is 4. The third-order valence-electron chi connectivity index (χ3n) is 8.55. The molecule has 214 valence electrons.